The number of benzene rings is 1. The van der Waals surface area contributed by atoms with Crippen LogP contribution in [0.15, 0.2) is 28.7 Å². The summed E-state index contributed by atoms with van der Waals surface area (Å²) < 4.78 is 78.8. The van der Waals surface area contributed by atoms with Gasteiger partial charge in [0.25, 0.3) is 0 Å². The predicted molar refractivity (Wildman–Crippen MR) is 103 cm³/mol. The highest BCUT2D eigenvalue weighted by molar-refractivity contribution is 9.10. The van der Waals surface area contributed by atoms with Crippen molar-refractivity contribution in [1.82, 2.24) is 15.0 Å². The van der Waals surface area contributed by atoms with Gasteiger partial charge in [0.15, 0.2) is 11.3 Å². The van der Waals surface area contributed by atoms with E-state index in [-0.39, 0.29) is 32.7 Å². The van der Waals surface area contributed by atoms with E-state index in [1.807, 2.05) is 0 Å². The van der Waals surface area contributed by atoms with Crippen molar-refractivity contribution in [2.75, 3.05) is 5.32 Å². The lowest BCUT2D eigenvalue weighted by Crippen LogP contribution is -2.15. The fourth-order valence-electron chi connectivity index (χ4n) is 3.16. The molecular weight excluding hydrogens is 478 g/mol. The fourth-order valence-corrected chi connectivity index (χ4v) is 3.70. The van der Waals surface area contributed by atoms with Gasteiger partial charge in [-0.05, 0) is 60.0 Å². The second-order valence-corrected chi connectivity index (χ2v) is 7.55. The monoisotopic (exact) mass is 492 g/mol. The van der Waals surface area contributed by atoms with Crippen LogP contribution in [0.2, 0.25) is 0 Å². The molecule has 0 saturated heterocycles. The number of hydrogen-bond donors (Lipinski definition) is 1. The summed E-state index contributed by atoms with van der Waals surface area (Å²) in [6.07, 6.45) is -9.18. The number of rotatable bonds is 3. The van der Waals surface area contributed by atoms with Crippen LogP contribution in [-0.4, -0.2) is 15.0 Å². The van der Waals surface area contributed by atoms with Crippen molar-refractivity contribution in [1.29, 1.82) is 0 Å². The molecule has 3 rings (SSSR count). The molecule has 0 radical (unpaired) electrons. The maximum Gasteiger partial charge on any atom is 0.434 e. The van der Waals surface area contributed by atoms with Crippen molar-refractivity contribution >= 4 is 32.8 Å². The lowest BCUT2D eigenvalue weighted by Gasteiger charge is -2.21. The molecule has 0 bridgehead atoms. The topological polar surface area (TPSA) is 50.7 Å². The van der Waals surface area contributed by atoms with Gasteiger partial charge in [-0.15, -0.1) is 0 Å². The molecular formula is C19H15BrF6N4. The average molecular weight is 493 g/mol. The summed E-state index contributed by atoms with van der Waals surface area (Å²) in [6.45, 7) is 4.49. The first kappa shape index (κ1) is 22.3. The molecule has 4 nitrogen and oxygen atoms in total. The Hall–Kier alpha value is -2.43. The van der Waals surface area contributed by atoms with Crippen LogP contribution in [0.25, 0.3) is 11.0 Å². The normalized spacial score (nSPS) is 13.5. The summed E-state index contributed by atoms with van der Waals surface area (Å²) >= 11 is 2.87. The third-order valence-corrected chi connectivity index (χ3v) is 5.13. The predicted octanol–water partition coefficient (Wildman–Crippen LogP) is 6.61. The number of hydrogen-bond acceptors (Lipinski definition) is 4. The van der Waals surface area contributed by atoms with Gasteiger partial charge in [0.05, 0.1) is 17.0 Å². The van der Waals surface area contributed by atoms with E-state index >= 15 is 0 Å². The van der Waals surface area contributed by atoms with Crippen molar-refractivity contribution in [3.05, 3.63) is 56.9 Å². The molecule has 3 aromatic rings. The molecule has 0 aliphatic carbocycles. The second-order valence-electron chi connectivity index (χ2n) is 6.69. The van der Waals surface area contributed by atoms with Crippen LogP contribution in [0.1, 0.15) is 41.2 Å². The van der Waals surface area contributed by atoms with Gasteiger partial charge >= 0.3 is 12.4 Å². The summed E-state index contributed by atoms with van der Waals surface area (Å²) in [5, 5.41) is 3.19. The average Bonchev–Trinajstić information content (AvgIpc) is 2.60. The highest BCUT2D eigenvalue weighted by Gasteiger charge is 2.36. The lowest BCUT2D eigenvalue weighted by atomic mass is 9.97. The van der Waals surface area contributed by atoms with E-state index < -0.39 is 29.7 Å². The third kappa shape index (κ3) is 4.35. The Kier molecular flexibility index (Phi) is 5.70. The van der Waals surface area contributed by atoms with E-state index in [1.165, 1.54) is 26.0 Å². The molecule has 1 N–H and O–H groups in total. The molecule has 2 aromatic heterocycles. The number of aromatic nitrogens is 3. The number of anilines is 1. The van der Waals surface area contributed by atoms with Crippen molar-refractivity contribution in [3.63, 3.8) is 0 Å². The molecule has 0 aliphatic rings. The van der Waals surface area contributed by atoms with E-state index in [2.05, 4.69) is 36.2 Å². The zero-order chi connectivity index (χ0) is 22.4. The van der Waals surface area contributed by atoms with E-state index in [9.17, 15) is 26.3 Å². The van der Waals surface area contributed by atoms with Crippen LogP contribution >= 0.6 is 15.9 Å². The SMILES string of the molecule is Cc1nc(NC(C)c2cccc(C(F)(F)F)c2C)c2cc(Br)c(C(F)(F)F)nc2n1. The summed E-state index contributed by atoms with van der Waals surface area (Å²) in [5.74, 6) is 0.338. The molecule has 1 unspecified atom stereocenters. The maximum atomic E-state index is 13.2. The third-order valence-electron chi connectivity index (χ3n) is 4.52. The number of halogens is 7. The molecule has 30 heavy (non-hydrogen) atoms. The Morgan fingerprint density at radius 1 is 0.967 bits per heavy atom. The van der Waals surface area contributed by atoms with E-state index in [0.717, 1.165) is 6.07 Å². The van der Waals surface area contributed by atoms with E-state index in [0.29, 0.717) is 5.56 Å². The molecule has 160 valence electrons. The summed E-state index contributed by atoms with van der Waals surface area (Å²) in [7, 11) is 0. The number of aryl methyl sites for hydroxylation is 1. The highest BCUT2D eigenvalue weighted by atomic mass is 79.9. The molecule has 2 heterocycles. The van der Waals surface area contributed by atoms with Gasteiger partial charge in [-0.3, -0.25) is 0 Å². The van der Waals surface area contributed by atoms with Crippen molar-refractivity contribution < 1.29 is 26.3 Å². The molecule has 0 aliphatic heterocycles. The molecule has 1 atom stereocenters. The van der Waals surface area contributed by atoms with Crippen LogP contribution in [0, 0.1) is 13.8 Å². The standard InChI is InChI=1S/C19H15BrF6N4/c1-8-11(5-4-6-13(8)18(21,22)23)9(2)27-16-12-7-14(20)15(19(24,25)26)30-17(12)29-10(3)28-16/h4-7,9H,1-3H3,(H,27,28,29,30). The second kappa shape index (κ2) is 7.68. The minimum Gasteiger partial charge on any atom is -0.363 e. The van der Waals surface area contributed by atoms with Crippen molar-refractivity contribution in [2.45, 2.75) is 39.2 Å². The Morgan fingerprint density at radius 3 is 2.23 bits per heavy atom. The van der Waals surface area contributed by atoms with Crippen LogP contribution < -0.4 is 5.32 Å². The summed E-state index contributed by atoms with van der Waals surface area (Å²) in [5.41, 5.74) is -1.61. The summed E-state index contributed by atoms with van der Waals surface area (Å²) in [4.78, 5) is 11.8. The molecule has 0 saturated carbocycles. The Morgan fingerprint density at radius 2 is 1.63 bits per heavy atom. The Labute approximate surface area is 175 Å². The van der Waals surface area contributed by atoms with Crippen molar-refractivity contribution in [3.8, 4) is 0 Å². The molecule has 0 amide bonds. The first-order valence-corrected chi connectivity index (χ1v) is 9.43. The highest BCUT2D eigenvalue weighted by Crippen LogP contribution is 2.38. The maximum absolute atomic E-state index is 13.2. The fraction of sp³-hybridized carbons (Fsp3) is 0.316. The van der Waals surface area contributed by atoms with E-state index in [4.69, 9.17) is 0 Å². The van der Waals surface area contributed by atoms with Gasteiger partial charge in [-0.25, -0.2) is 15.0 Å². The van der Waals surface area contributed by atoms with Gasteiger partial charge in [-0.2, -0.15) is 26.3 Å². The van der Waals surface area contributed by atoms with Crippen LogP contribution in [-0.2, 0) is 12.4 Å². The smallest absolute Gasteiger partial charge is 0.363 e. The first-order chi connectivity index (χ1) is 13.8. The number of alkyl halides is 6. The number of nitrogens with zero attached hydrogens (tertiary/aromatic N) is 3. The molecule has 1 aromatic carbocycles. The van der Waals surface area contributed by atoms with Crippen molar-refractivity contribution in [2.24, 2.45) is 0 Å². The summed E-state index contributed by atoms with van der Waals surface area (Å²) in [6, 6.07) is 4.43. The number of nitrogens with one attached hydrogen (secondary N) is 1. The van der Waals surface area contributed by atoms with Crippen LogP contribution in [0.3, 0.4) is 0 Å². The van der Waals surface area contributed by atoms with Gasteiger partial charge in [0.1, 0.15) is 11.6 Å². The first-order valence-electron chi connectivity index (χ1n) is 8.64. The molecule has 0 fully saturated rings. The van der Waals surface area contributed by atoms with Crippen LogP contribution in [0.5, 0.6) is 0 Å². The number of pyridine rings is 1. The zero-order valence-corrected chi connectivity index (χ0v) is 17.5. The Bertz CT molecular complexity index is 1110. The lowest BCUT2D eigenvalue weighted by molar-refractivity contribution is -0.141. The van der Waals surface area contributed by atoms with Gasteiger partial charge in [-0.1, -0.05) is 12.1 Å². The molecule has 0 spiro atoms. The Balaban J connectivity index is 2.07. The van der Waals surface area contributed by atoms with Gasteiger partial charge in [0.2, 0.25) is 0 Å². The van der Waals surface area contributed by atoms with Crippen LogP contribution in [0.4, 0.5) is 32.2 Å². The van der Waals surface area contributed by atoms with E-state index in [1.54, 1.807) is 13.0 Å². The zero-order valence-electron chi connectivity index (χ0n) is 15.9. The largest absolute Gasteiger partial charge is 0.434 e. The molecule has 11 heteroatoms. The quantitative estimate of drug-likeness (QED) is 0.417. The number of fused-ring (bicyclic) bond motifs is 1. The minimum atomic E-state index is -4.68. The van der Waals surface area contributed by atoms with Gasteiger partial charge in [0, 0.05) is 4.47 Å². The van der Waals surface area contributed by atoms with Gasteiger partial charge < -0.3 is 5.32 Å². The minimum absolute atomic E-state index is 0.0544.